The number of hydrogen-bond acceptors (Lipinski definition) is 3. The molecule has 0 aromatic heterocycles. The normalized spacial score (nSPS) is 29.8. The summed E-state index contributed by atoms with van der Waals surface area (Å²) in [5.74, 6) is -0.00129. The molecule has 0 radical (unpaired) electrons. The van der Waals surface area contributed by atoms with Crippen LogP contribution in [0.4, 0.5) is 0 Å². The van der Waals surface area contributed by atoms with E-state index >= 15 is 0 Å². The number of carbonyl (C=O) groups is 1. The van der Waals surface area contributed by atoms with Crippen LogP contribution < -0.4 is 0 Å². The van der Waals surface area contributed by atoms with Gasteiger partial charge in [0.2, 0.25) is 0 Å². The van der Waals surface area contributed by atoms with Gasteiger partial charge in [-0.25, -0.2) is 0 Å². The average Bonchev–Trinajstić information content (AvgIpc) is 1.96. The molecule has 0 aromatic carbocycles. The van der Waals surface area contributed by atoms with E-state index in [9.17, 15) is 4.79 Å². The first kappa shape index (κ1) is 9.42. The maximum atomic E-state index is 11.0. The average molecular weight is 170 g/mol. The van der Waals surface area contributed by atoms with E-state index in [0.29, 0.717) is 0 Å². The van der Waals surface area contributed by atoms with Gasteiger partial charge in [0.25, 0.3) is 0 Å². The standard InChI is InChI=1S/C9H14O3/c1-6(2)11-9-5-4-8(10)7(3)12-9/h4-7,9H,1-3H3. The van der Waals surface area contributed by atoms with E-state index in [1.165, 1.54) is 6.08 Å². The Morgan fingerprint density at radius 3 is 2.75 bits per heavy atom. The van der Waals surface area contributed by atoms with Crippen molar-refractivity contribution < 1.29 is 14.3 Å². The summed E-state index contributed by atoms with van der Waals surface area (Å²) in [4.78, 5) is 11.0. The smallest absolute Gasteiger partial charge is 0.184 e. The zero-order valence-electron chi connectivity index (χ0n) is 7.61. The van der Waals surface area contributed by atoms with Gasteiger partial charge in [0.05, 0.1) is 6.10 Å². The molecule has 1 aliphatic rings. The first-order chi connectivity index (χ1) is 5.59. The van der Waals surface area contributed by atoms with Crippen LogP contribution in [0.25, 0.3) is 0 Å². The molecule has 1 heterocycles. The molecule has 0 bridgehead atoms. The number of ketones is 1. The molecular formula is C9H14O3. The quantitative estimate of drug-likeness (QED) is 0.626. The van der Waals surface area contributed by atoms with E-state index in [1.54, 1.807) is 13.0 Å². The van der Waals surface area contributed by atoms with Crippen LogP contribution in [0.5, 0.6) is 0 Å². The lowest BCUT2D eigenvalue weighted by atomic mass is 10.2. The summed E-state index contributed by atoms with van der Waals surface area (Å²) < 4.78 is 10.6. The van der Waals surface area contributed by atoms with Gasteiger partial charge in [-0.3, -0.25) is 4.79 Å². The fourth-order valence-electron chi connectivity index (χ4n) is 0.968. The monoisotopic (exact) mass is 170 g/mol. The molecule has 0 N–H and O–H groups in total. The highest BCUT2D eigenvalue weighted by atomic mass is 16.7. The highest BCUT2D eigenvalue weighted by Gasteiger charge is 2.21. The van der Waals surface area contributed by atoms with E-state index < -0.39 is 0 Å². The van der Waals surface area contributed by atoms with Gasteiger partial charge in [0, 0.05) is 0 Å². The maximum absolute atomic E-state index is 11.0. The van der Waals surface area contributed by atoms with E-state index in [-0.39, 0.29) is 24.3 Å². The van der Waals surface area contributed by atoms with Crippen molar-refractivity contribution in [3.63, 3.8) is 0 Å². The Morgan fingerprint density at radius 2 is 2.25 bits per heavy atom. The van der Waals surface area contributed by atoms with Gasteiger partial charge in [-0.1, -0.05) is 0 Å². The molecule has 1 aliphatic heterocycles. The Hall–Kier alpha value is -0.670. The molecule has 0 saturated heterocycles. The molecule has 2 unspecified atom stereocenters. The summed E-state index contributed by atoms with van der Waals surface area (Å²) in [5, 5.41) is 0. The Labute approximate surface area is 72.4 Å². The molecule has 1 rings (SSSR count). The van der Waals surface area contributed by atoms with E-state index in [4.69, 9.17) is 9.47 Å². The van der Waals surface area contributed by atoms with E-state index in [2.05, 4.69) is 0 Å². The van der Waals surface area contributed by atoms with Gasteiger partial charge in [-0.05, 0) is 32.9 Å². The number of carbonyl (C=O) groups excluding carboxylic acids is 1. The van der Waals surface area contributed by atoms with Crippen LogP contribution in [-0.2, 0) is 14.3 Å². The third-order valence-electron chi connectivity index (χ3n) is 1.56. The fourth-order valence-corrected chi connectivity index (χ4v) is 0.968. The second-order valence-electron chi connectivity index (χ2n) is 3.09. The Balaban J connectivity index is 2.49. The number of hydrogen-bond donors (Lipinski definition) is 0. The minimum Gasteiger partial charge on any atom is -0.346 e. The largest absolute Gasteiger partial charge is 0.346 e. The Morgan fingerprint density at radius 1 is 1.58 bits per heavy atom. The van der Waals surface area contributed by atoms with Crippen molar-refractivity contribution in [2.45, 2.75) is 39.3 Å². The molecule has 0 fully saturated rings. The van der Waals surface area contributed by atoms with Gasteiger partial charge in [-0.15, -0.1) is 0 Å². The zero-order valence-corrected chi connectivity index (χ0v) is 7.61. The van der Waals surface area contributed by atoms with Crippen molar-refractivity contribution in [1.82, 2.24) is 0 Å². The SMILES string of the molecule is CC(C)OC1C=CC(=O)C(C)O1. The number of ether oxygens (including phenoxy) is 2. The Kier molecular flexibility index (Phi) is 3.00. The molecular weight excluding hydrogens is 156 g/mol. The van der Waals surface area contributed by atoms with Gasteiger partial charge in [0.15, 0.2) is 12.1 Å². The van der Waals surface area contributed by atoms with Crippen LogP contribution in [0, 0.1) is 0 Å². The highest BCUT2D eigenvalue weighted by Crippen LogP contribution is 2.11. The summed E-state index contributed by atoms with van der Waals surface area (Å²) in [6.45, 7) is 5.58. The molecule has 0 spiro atoms. The zero-order chi connectivity index (χ0) is 9.14. The molecule has 3 heteroatoms. The van der Waals surface area contributed by atoms with Gasteiger partial charge in [-0.2, -0.15) is 0 Å². The van der Waals surface area contributed by atoms with Crippen LogP contribution in [0.1, 0.15) is 20.8 Å². The summed E-state index contributed by atoms with van der Waals surface area (Å²) in [6.07, 6.45) is 2.53. The third-order valence-corrected chi connectivity index (χ3v) is 1.56. The third kappa shape index (κ3) is 2.43. The lowest BCUT2D eigenvalue weighted by Crippen LogP contribution is -2.32. The summed E-state index contributed by atoms with van der Waals surface area (Å²) in [5.41, 5.74) is 0. The Bertz CT molecular complexity index is 196. The van der Waals surface area contributed by atoms with Crippen molar-refractivity contribution in [3.8, 4) is 0 Å². The van der Waals surface area contributed by atoms with Crippen LogP contribution in [0.15, 0.2) is 12.2 Å². The molecule has 2 atom stereocenters. The topological polar surface area (TPSA) is 35.5 Å². The van der Waals surface area contributed by atoms with Gasteiger partial charge in [0.1, 0.15) is 6.10 Å². The molecule has 0 saturated carbocycles. The second kappa shape index (κ2) is 3.83. The summed E-state index contributed by atoms with van der Waals surface area (Å²) in [7, 11) is 0. The van der Waals surface area contributed by atoms with E-state index in [1.807, 2.05) is 13.8 Å². The molecule has 0 aliphatic carbocycles. The van der Waals surface area contributed by atoms with Gasteiger partial charge < -0.3 is 9.47 Å². The second-order valence-corrected chi connectivity index (χ2v) is 3.09. The fraction of sp³-hybridized carbons (Fsp3) is 0.667. The first-order valence-electron chi connectivity index (χ1n) is 4.12. The van der Waals surface area contributed by atoms with Crippen molar-refractivity contribution >= 4 is 5.78 Å². The van der Waals surface area contributed by atoms with Crippen LogP contribution in [-0.4, -0.2) is 24.3 Å². The summed E-state index contributed by atoms with van der Waals surface area (Å²) >= 11 is 0. The minimum atomic E-state index is -0.376. The van der Waals surface area contributed by atoms with Crippen molar-refractivity contribution in [3.05, 3.63) is 12.2 Å². The van der Waals surface area contributed by atoms with E-state index in [0.717, 1.165) is 0 Å². The van der Waals surface area contributed by atoms with Crippen LogP contribution >= 0.6 is 0 Å². The maximum Gasteiger partial charge on any atom is 0.184 e. The lowest BCUT2D eigenvalue weighted by Gasteiger charge is -2.23. The predicted molar refractivity (Wildman–Crippen MR) is 44.7 cm³/mol. The molecule has 0 amide bonds. The lowest BCUT2D eigenvalue weighted by molar-refractivity contribution is -0.170. The van der Waals surface area contributed by atoms with Crippen LogP contribution in [0.3, 0.4) is 0 Å². The van der Waals surface area contributed by atoms with Crippen molar-refractivity contribution in [2.75, 3.05) is 0 Å². The first-order valence-corrected chi connectivity index (χ1v) is 4.12. The van der Waals surface area contributed by atoms with Crippen LogP contribution in [0.2, 0.25) is 0 Å². The van der Waals surface area contributed by atoms with Crippen molar-refractivity contribution in [2.24, 2.45) is 0 Å². The molecule has 0 aromatic rings. The molecule has 68 valence electrons. The molecule has 12 heavy (non-hydrogen) atoms. The molecule has 3 nitrogen and oxygen atoms in total. The predicted octanol–water partition coefficient (Wildman–Crippen LogP) is 1.28. The van der Waals surface area contributed by atoms with Crippen molar-refractivity contribution in [1.29, 1.82) is 0 Å². The summed E-state index contributed by atoms with van der Waals surface area (Å²) in [6, 6.07) is 0. The van der Waals surface area contributed by atoms with Gasteiger partial charge >= 0.3 is 0 Å². The number of rotatable bonds is 2. The highest BCUT2D eigenvalue weighted by molar-refractivity contribution is 5.93. The minimum absolute atomic E-state index is 0.00129.